The summed E-state index contributed by atoms with van der Waals surface area (Å²) in [5, 5.41) is 0.900. The van der Waals surface area contributed by atoms with Crippen LogP contribution in [-0.2, 0) is 21.2 Å². The first-order valence-electron chi connectivity index (χ1n) is 9.99. The van der Waals surface area contributed by atoms with Crippen molar-refractivity contribution in [2.24, 2.45) is 0 Å². The van der Waals surface area contributed by atoms with E-state index in [1.165, 1.54) is 35.5 Å². The van der Waals surface area contributed by atoms with Gasteiger partial charge in [-0.25, -0.2) is 13.4 Å². The molecule has 2 aromatic heterocycles. The summed E-state index contributed by atoms with van der Waals surface area (Å²) in [4.78, 5) is 23.7. The first-order valence-corrected chi connectivity index (χ1v) is 12.8. The second-order valence-electron chi connectivity index (χ2n) is 7.15. The maximum Gasteiger partial charge on any atom is 0.230 e. The van der Waals surface area contributed by atoms with Crippen LogP contribution in [-0.4, -0.2) is 37.2 Å². The molecule has 0 unspecified atom stereocenters. The number of benzene rings is 2. The van der Waals surface area contributed by atoms with E-state index < -0.39 is 9.84 Å². The highest BCUT2D eigenvalue weighted by Gasteiger charge is 2.25. The van der Waals surface area contributed by atoms with E-state index in [0.29, 0.717) is 26.1 Å². The number of sulfone groups is 1. The van der Waals surface area contributed by atoms with Gasteiger partial charge in [-0.05, 0) is 35.9 Å². The van der Waals surface area contributed by atoms with Crippen molar-refractivity contribution < 1.29 is 17.9 Å². The third kappa shape index (κ3) is 5.16. The third-order valence-electron chi connectivity index (χ3n) is 4.95. The molecular weight excluding hydrogens is 482 g/mol. The second-order valence-corrected chi connectivity index (χ2v) is 10.6. The van der Waals surface area contributed by atoms with Gasteiger partial charge >= 0.3 is 0 Å². The summed E-state index contributed by atoms with van der Waals surface area (Å²) in [5.74, 6) is -0.140. The van der Waals surface area contributed by atoms with Crippen LogP contribution in [0.1, 0.15) is 12.0 Å². The van der Waals surface area contributed by atoms with E-state index in [9.17, 15) is 13.2 Å². The number of aromatic nitrogens is 2. The summed E-state index contributed by atoms with van der Waals surface area (Å²) >= 11 is 7.61. The lowest BCUT2D eigenvalue weighted by atomic mass is 10.2. The molecule has 0 aliphatic carbocycles. The molecule has 0 atom stereocenters. The molecule has 0 fully saturated rings. The minimum absolute atomic E-state index is 0.188. The Bertz CT molecular complexity index is 1380. The normalized spacial score (nSPS) is 11.5. The number of thiazole rings is 1. The molecule has 1 amide bonds. The first-order chi connectivity index (χ1) is 15.9. The highest BCUT2D eigenvalue weighted by atomic mass is 35.5. The second kappa shape index (κ2) is 9.86. The van der Waals surface area contributed by atoms with Gasteiger partial charge in [0, 0.05) is 18.8 Å². The fourth-order valence-electron chi connectivity index (χ4n) is 3.26. The number of carbonyl (C=O) groups excluding carboxylic acids is 1. The summed E-state index contributed by atoms with van der Waals surface area (Å²) in [6, 6.07) is 15.1. The van der Waals surface area contributed by atoms with E-state index in [4.69, 9.17) is 16.3 Å². The van der Waals surface area contributed by atoms with E-state index in [1.54, 1.807) is 48.8 Å². The van der Waals surface area contributed by atoms with Gasteiger partial charge in [0.1, 0.15) is 11.3 Å². The minimum Gasteiger partial charge on any atom is -0.494 e. The zero-order chi connectivity index (χ0) is 23.4. The number of halogens is 1. The van der Waals surface area contributed by atoms with Crippen LogP contribution < -0.4 is 9.64 Å². The lowest BCUT2D eigenvalue weighted by molar-refractivity contribution is -0.118. The standard InChI is InChI=1S/C23H20ClN3O4S2/c1-31-19-10-9-18(24)22-21(19)26-23(32-22)27(15-16-6-5-12-25-14-16)20(28)11-13-33(29,30)17-7-3-2-4-8-17/h2-10,12,14H,11,13,15H2,1H3. The summed E-state index contributed by atoms with van der Waals surface area (Å²) in [7, 11) is -2.07. The molecule has 0 aliphatic heterocycles. The maximum absolute atomic E-state index is 13.3. The molecule has 0 bridgehead atoms. The number of ether oxygens (including phenoxy) is 1. The third-order valence-corrected chi connectivity index (χ3v) is 8.22. The van der Waals surface area contributed by atoms with Crippen LogP contribution in [0.4, 0.5) is 5.13 Å². The van der Waals surface area contributed by atoms with Crippen molar-refractivity contribution in [1.82, 2.24) is 9.97 Å². The molecule has 0 spiro atoms. The molecule has 33 heavy (non-hydrogen) atoms. The van der Waals surface area contributed by atoms with Gasteiger partial charge < -0.3 is 4.74 Å². The fraction of sp³-hybridized carbons (Fsp3) is 0.174. The molecule has 170 valence electrons. The lowest BCUT2D eigenvalue weighted by Crippen LogP contribution is -2.31. The Morgan fingerprint density at radius 3 is 2.61 bits per heavy atom. The zero-order valence-corrected chi connectivity index (χ0v) is 20.0. The van der Waals surface area contributed by atoms with Gasteiger partial charge in [-0.2, -0.15) is 0 Å². The molecule has 0 radical (unpaired) electrons. The minimum atomic E-state index is -3.60. The predicted octanol–water partition coefficient (Wildman–Crippen LogP) is 4.75. The number of fused-ring (bicyclic) bond motifs is 1. The topological polar surface area (TPSA) is 89.5 Å². The molecule has 0 saturated heterocycles. The molecule has 10 heteroatoms. The number of carbonyl (C=O) groups is 1. The molecule has 2 aromatic carbocycles. The van der Waals surface area contributed by atoms with Crippen LogP contribution >= 0.6 is 22.9 Å². The Kier molecular flexibility index (Phi) is 6.92. The number of pyridine rings is 1. The van der Waals surface area contributed by atoms with Gasteiger partial charge in [-0.15, -0.1) is 0 Å². The van der Waals surface area contributed by atoms with E-state index >= 15 is 0 Å². The Labute approximate surface area is 200 Å². The lowest BCUT2D eigenvalue weighted by Gasteiger charge is -2.20. The van der Waals surface area contributed by atoms with Gasteiger partial charge in [0.25, 0.3) is 0 Å². The van der Waals surface area contributed by atoms with Crippen LogP contribution in [0.5, 0.6) is 5.75 Å². The van der Waals surface area contributed by atoms with Gasteiger partial charge in [0.15, 0.2) is 15.0 Å². The summed E-state index contributed by atoms with van der Waals surface area (Å²) in [6.07, 6.45) is 3.10. The molecule has 0 N–H and O–H groups in total. The molecule has 7 nitrogen and oxygen atoms in total. The van der Waals surface area contributed by atoms with E-state index in [1.807, 2.05) is 6.07 Å². The summed E-state index contributed by atoms with van der Waals surface area (Å²) in [6.45, 7) is 0.192. The average molecular weight is 502 g/mol. The van der Waals surface area contributed by atoms with Crippen LogP contribution in [0.25, 0.3) is 10.2 Å². The SMILES string of the molecule is COc1ccc(Cl)c2sc(N(Cc3cccnc3)C(=O)CCS(=O)(=O)c3ccccc3)nc12. The quantitative estimate of drug-likeness (QED) is 0.346. The summed E-state index contributed by atoms with van der Waals surface area (Å²) < 4.78 is 31.5. The molecule has 0 aliphatic rings. The van der Waals surface area contributed by atoms with Crippen LogP contribution in [0.3, 0.4) is 0 Å². The van der Waals surface area contributed by atoms with Gasteiger partial charge in [0.05, 0.1) is 34.0 Å². The Balaban J connectivity index is 1.66. The number of methoxy groups -OCH3 is 1. The van der Waals surface area contributed by atoms with Crippen molar-refractivity contribution in [1.29, 1.82) is 0 Å². The molecular formula is C23H20ClN3O4S2. The van der Waals surface area contributed by atoms with Crippen molar-refractivity contribution in [2.75, 3.05) is 17.8 Å². The van der Waals surface area contributed by atoms with Crippen molar-refractivity contribution in [3.63, 3.8) is 0 Å². The smallest absolute Gasteiger partial charge is 0.230 e. The fourth-order valence-corrected chi connectivity index (χ4v) is 5.78. The van der Waals surface area contributed by atoms with Crippen molar-refractivity contribution in [3.05, 3.63) is 77.6 Å². The molecule has 4 aromatic rings. The number of hydrogen-bond acceptors (Lipinski definition) is 7. The van der Waals surface area contributed by atoms with Gasteiger partial charge in [0.2, 0.25) is 5.91 Å². The Morgan fingerprint density at radius 1 is 1.12 bits per heavy atom. The van der Waals surface area contributed by atoms with E-state index in [0.717, 1.165) is 5.56 Å². The van der Waals surface area contributed by atoms with E-state index in [2.05, 4.69) is 9.97 Å². The highest BCUT2D eigenvalue weighted by Crippen LogP contribution is 2.39. The van der Waals surface area contributed by atoms with Crippen molar-refractivity contribution in [3.8, 4) is 5.75 Å². The largest absolute Gasteiger partial charge is 0.494 e. The number of rotatable bonds is 8. The highest BCUT2D eigenvalue weighted by molar-refractivity contribution is 7.91. The number of anilines is 1. The van der Waals surface area contributed by atoms with Gasteiger partial charge in [-0.1, -0.05) is 47.2 Å². The van der Waals surface area contributed by atoms with Crippen molar-refractivity contribution in [2.45, 2.75) is 17.9 Å². The van der Waals surface area contributed by atoms with Crippen LogP contribution in [0, 0.1) is 0 Å². The Hall–Kier alpha value is -3.01. The van der Waals surface area contributed by atoms with Crippen LogP contribution in [0.2, 0.25) is 5.02 Å². The maximum atomic E-state index is 13.3. The van der Waals surface area contributed by atoms with Gasteiger partial charge in [-0.3, -0.25) is 14.7 Å². The van der Waals surface area contributed by atoms with Crippen molar-refractivity contribution >= 4 is 54.0 Å². The summed E-state index contributed by atoms with van der Waals surface area (Å²) in [5.41, 5.74) is 1.33. The number of nitrogens with zero attached hydrogens (tertiary/aromatic N) is 3. The zero-order valence-electron chi connectivity index (χ0n) is 17.6. The molecule has 2 heterocycles. The molecule has 4 rings (SSSR count). The number of amides is 1. The van der Waals surface area contributed by atoms with E-state index in [-0.39, 0.29) is 29.5 Å². The Morgan fingerprint density at radius 2 is 1.91 bits per heavy atom. The predicted molar refractivity (Wildman–Crippen MR) is 130 cm³/mol. The number of hydrogen-bond donors (Lipinski definition) is 0. The average Bonchev–Trinajstić information content (AvgIpc) is 3.29. The molecule has 0 saturated carbocycles. The monoisotopic (exact) mass is 501 g/mol. The van der Waals surface area contributed by atoms with Crippen LogP contribution in [0.15, 0.2) is 71.9 Å². The first kappa shape index (κ1) is 23.2.